The van der Waals surface area contributed by atoms with Crippen molar-refractivity contribution in [3.05, 3.63) is 24.0 Å². The monoisotopic (exact) mass is 126 g/mol. The zero-order valence-electron chi connectivity index (χ0n) is 5.33. The molecule has 0 heterocycles. The smallest absolute Gasteiger partial charge is 0.0954 e. The molecule has 0 saturated heterocycles. The second-order valence-corrected chi connectivity index (χ2v) is 2.55. The van der Waals surface area contributed by atoms with Gasteiger partial charge in [-0.2, -0.15) is 0 Å². The van der Waals surface area contributed by atoms with Crippen molar-refractivity contribution in [3.63, 3.8) is 0 Å². The van der Waals surface area contributed by atoms with Gasteiger partial charge in [0.2, 0.25) is 0 Å². The molecule has 2 heteroatoms. The van der Waals surface area contributed by atoms with E-state index in [4.69, 9.17) is 5.11 Å². The van der Waals surface area contributed by atoms with E-state index in [2.05, 4.69) is 0 Å². The average Bonchev–Trinajstić information content (AvgIpc) is 1.60. The Bertz CT molecular complexity index is 166. The van der Waals surface area contributed by atoms with Crippen LogP contribution in [0.25, 0.3) is 0 Å². The molecule has 0 radical (unpaired) electrons. The third-order valence-electron chi connectivity index (χ3n) is 1.28. The summed E-state index contributed by atoms with van der Waals surface area (Å²) >= 11 is 0. The lowest BCUT2D eigenvalue weighted by Crippen LogP contribution is -2.22. The Kier molecular flexibility index (Phi) is 1.33. The molecule has 0 saturated carbocycles. The van der Waals surface area contributed by atoms with Gasteiger partial charge in [-0.1, -0.05) is 12.2 Å². The lowest BCUT2D eigenvalue weighted by Gasteiger charge is -2.20. The van der Waals surface area contributed by atoms with Crippen molar-refractivity contribution in [3.8, 4) is 0 Å². The maximum absolute atomic E-state index is 9.26. The highest BCUT2D eigenvalue weighted by molar-refractivity contribution is 5.19. The summed E-state index contributed by atoms with van der Waals surface area (Å²) in [5, 5.41) is 18.2. The van der Waals surface area contributed by atoms with Gasteiger partial charge in [-0.3, -0.25) is 0 Å². The van der Waals surface area contributed by atoms with Gasteiger partial charge >= 0.3 is 0 Å². The van der Waals surface area contributed by atoms with Crippen molar-refractivity contribution in [2.45, 2.75) is 18.9 Å². The number of hydrogen-bond donors (Lipinski definition) is 2. The molecule has 1 atom stereocenters. The van der Waals surface area contributed by atoms with Crippen LogP contribution in [-0.2, 0) is 0 Å². The zero-order chi connectivity index (χ0) is 6.91. The van der Waals surface area contributed by atoms with E-state index in [9.17, 15) is 5.11 Å². The number of aliphatic hydroxyl groups is 2. The minimum Gasteiger partial charge on any atom is -0.512 e. The first kappa shape index (κ1) is 6.36. The number of hydrogen-bond acceptors (Lipinski definition) is 2. The zero-order valence-corrected chi connectivity index (χ0v) is 5.33. The summed E-state index contributed by atoms with van der Waals surface area (Å²) in [6.45, 7) is 1.66. The van der Waals surface area contributed by atoms with E-state index < -0.39 is 5.60 Å². The van der Waals surface area contributed by atoms with Gasteiger partial charge in [-0.25, -0.2) is 0 Å². The summed E-state index contributed by atoms with van der Waals surface area (Å²) in [5.41, 5.74) is -0.848. The minimum absolute atomic E-state index is 0.238. The molecule has 1 aliphatic carbocycles. The molecule has 50 valence electrons. The average molecular weight is 126 g/mol. The van der Waals surface area contributed by atoms with E-state index in [1.165, 1.54) is 0 Å². The molecule has 1 rings (SSSR count). The molecule has 1 aliphatic rings. The lowest BCUT2D eigenvalue weighted by atomic mass is 9.97. The van der Waals surface area contributed by atoms with Gasteiger partial charge in [0.25, 0.3) is 0 Å². The summed E-state index contributed by atoms with van der Waals surface area (Å²) in [6, 6.07) is 0. The first-order valence-electron chi connectivity index (χ1n) is 2.90. The summed E-state index contributed by atoms with van der Waals surface area (Å²) in [5.74, 6) is 0.238. The Labute approximate surface area is 54.1 Å². The van der Waals surface area contributed by atoms with Crippen LogP contribution >= 0.6 is 0 Å². The van der Waals surface area contributed by atoms with E-state index in [-0.39, 0.29) is 5.76 Å². The highest BCUT2D eigenvalue weighted by Crippen LogP contribution is 2.19. The van der Waals surface area contributed by atoms with Crippen LogP contribution in [0.1, 0.15) is 13.3 Å². The highest BCUT2D eigenvalue weighted by Gasteiger charge is 2.19. The van der Waals surface area contributed by atoms with Gasteiger partial charge in [0.1, 0.15) is 0 Å². The molecule has 0 bridgehead atoms. The van der Waals surface area contributed by atoms with Crippen molar-refractivity contribution < 1.29 is 10.2 Å². The Morgan fingerprint density at radius 3 is 2.67 bits per heavy atom. The first-order valence-corrected chi connectivity index (χ1v) is 2.90. The van der Waals surface area contributed by atoms with E-state index >= 15 is 0 Å². The first-order chi connectivity index (χ1) is 4.10. The third kappa shape index (κ3) is 1.57. The Balaban J connectivity index is 2.73. The molecule has 0 aromatic carbocycles. The highest BCUT2D eigenvalue weighted by atomic mass is 16.3. The maximum Gasteiger partial charge on any atom is 0.0954 e. The SMILES string of the molecule is CC1(O)C=CC=C(O)C1. The van der Waals surface area contributed by atoms with Gasteiger partial charge in [-0.05, 0) is 13.0 Å². The van der Waals surface area contributed by atoms with E-state index in [1.54, 1.807) is 25.2 Å². The van der Waals surface area contributed by atoms with Gasteiger partial charge in [0.15, 0.2) is 0 Å². The number of rotatable bonds is 0. The van der Waals surface area contributed by atoms with Crippen LogP contribution in [0.2, 0.25) is 0 Å². The molecule has 0 aromatic heterocycles. The summed E-state index contributed by atoms with van der Waals surface area (Å²) in [6.07, 6.45) is 5.22. The maximum atomic E-state index is 9.26. The molecule has 0 spiro atoms. The quantitative estimate of drug-likeness (QED) is 0.511. The second-order valence-electron chi connectivity index (χ2n) is 2.55. The molecule has 0 amide bonds. The van der Waals surface area contributed by atoms with Crippen LogP contribution in [0.15, 0.2) is 24.0 Å². The van der Waals surface area contributed by atoms with E-state index in [1.807, 2.05) is 0 Å². The molecule has 2 nitrogen and oxygen atoms in total. The van der Waals surface area contributed by atoms with Crippen LogP contribution in [0.5, 0.6) is 0 Å². The van der Waals surface area contributed by atoms with Crippen LogP contribution in [0.3, 0.4) is 0 Å². The summed E-state index contributed by atoms with van der Waals surface area (Å²) < 4.78 is 0. The largest absolute Gasteiger partial charge is 0.512 e. The standard InChI is InChI=1S/C7H10O2/c1-7(9)4-2-3-6(8)5-7/h2-4,8-9H,5H2,1H3. The fourth-order valence-electron chi connectivity index (χ4n) is 0.851. The van der Waals surface area contributed by atoms with Crippen LogP contribution in [0.4, 0.5) is 0 Å². The lowest BCUT2D eigenvalue weighted by molar-refractivity contribution is 0.0966. The molecule has 0 fully saturated rings. The van der Waals surface area contributed by atoms with Gasteiger partial charge < -0.3 is 10.2 Å². The van der Waals surface area contributed by atoms with Crippen LogP contribution in [0, 0.1) is 0 Å². The van der Waals surface area contributed by atoms with Gasteiger partial charge in [-0.15, -0.1) is 0 Å². The predicted octanol–water partition coefficient (Wildman–Crippen LogP) is 1.14. The summed E-state index contributed by atoms with van der Waals surface area (Å²) in [7, 11) is 0. The molecule has 0 aliphatic heterocycles. The van der Waals surface area contributed by atoms with Gasteiger partial charge in [0.05, 0.1) is 11.4 Å². The Morgan fingerprint density at radius 2 is 2.33 bits per heavy atom. The summed E-state index contributed by atoms with van der Waals surface area (Å²) in [4.78, 5) is 0. The van der Waals surface area contributed by atoms with Crippen molar-refractivity contribution in [2.75, 3.05) is 0 Å². The Hall–Kier alpha value is -0.760. The predicted molar refractivity (Wildman–Crippen MR) is 35.1 cm³/mol. The number of allylic oxidation sites excluding steroid dienone is 2. The Morgan fingerprint density at radius 1 is 1.67 bits per heavy atom. The molecule has 2 N–H and O–H groups in total. The van der Waals surface area contributed by atoms with Crippen molar-refractivity contribution in [1.29, 1.82) is 0 Å². The van der Waals surface area contributed by atoms with Crippen molar-refractivity contribution in [2.24, 2.45) is 0 Å². The van der Waals surface area contributed by atoms with Crippen molar-refractivity contribution >= 4 is 0 Å². The molecular weight excluding hydrogens is 116 g/mol. The van der Waals surface area contributed by atoms with Crippen molar-refractivity contribution in [1.82, 2.24) is 0 Å². The molecule has 0 aromatic rings. The normalized spacial score (nSPS) is 34.2. The minimum atomic E-state index is -0.848. The van der Waals surface area contributed by atoms with E-state index in [0.29, 0.717) is 6.42 Å². The topological polar surface area (TPSA) is 40.5 Å². The fourth-order valence-corrected chi connectivity index (χ4v) is 0.851. The van der Waals surface area contributed by atoms with Crippen LogP contribution < -0.4 is 0 Å². The van der Waals surface area contributed by atoms with E-state index in [0.717, 1.165) is 0 Å². The fraction of sp³-hybridized carbons (Fsp3) is 0.429. The molecule has 1 unspecified atom stereocenters. The number of aliphatic hydroxyl groups excluding tert-OH is 1. The second kappa shape index (κ2) is 1.88. The molecular formula is C7H10O2. The van der Waals surface area contributed by atoms with Crippen LogP contribution in [-0.4, -0.2) is 15.8 Å². The third-order valence-corrected chi connectivity index (χ3v) is 1.28. The molecule has 9 heavy (non-hydrogen) atoms. The van der Waals surface area contributed by atoms with Gasteiger partial charge in [0, 0.05) is 6.42 Å².